The predicted molar refractivity (Wildman–Crippen MR) is 67.3 cm³/mol. The van der Waals surface area contributed by atoms with Gasteiger partial charge in [-0.2, -0.15) is 4.31 Å². The first-order valence-corrected chi connectivity index (χ1v) is 7.34. The van der Waals surface area contributed by atoms with Crippen LogP contribution in [0.2, 0.25) is 0 Å². The Morgan fingerprint density at radius 3 is 2.94 bits per heavy atom. The van der Waals surface area contributed by atoms with Crippen molar-refractivity contribution in [3.63, 3.8) is 0 Å². The van der Waals surface area contributed by atoms with Crippen molar-refractivity contribution in [2.45, 2.75) is 30.2 Å². The molecule has 0 spiro atoms. The van der Waals surface area contributed by atoms with E-state index >= 15 is 0 Å². The fourth-order valence-electron chi connectivity index (χ4n) is 2.20. The summed E-state index contributed by atoms with van der Waals surface area (Å²) in [6.45, 7) is 0.287. The Labute approximate surface area is 106 Å². The third-order valence-corrected chi connectivity index (χ3v) is 5.09. The summed E-state index contributed by atoms with van der Waals surface area (Å²) in [7, 11) is -3.59. The first kappa shape index (κ1) is 13.3. The predicted octanol–water partition coefficient (Wildman–Crippen LogP) is 0.199. The van der Waals surface area contributed by atoms with E-state index in [1.807, 2.05) is 0 Å². The fraction of sp³-hybridized carbons (Fsp3) is 0.545. The van der Waals surface area contributed by atoms with Crippen LogP contribution in [0.15, 0.2) is 23.2 Å². The summed E-state index contributed by atoms with van der Waals surface area (Å²) in [6, 6.07) is 2.44. The van der Waals surface area contributed by atoms with Crippen molar-refractivity contribution in [2.24, 2.45) is 0 Å². The number of rotatable bonds is 3. The van der Waals surface area contributed by atoms with Crippen LogP contribution in [-0.4, -0.2) is 42.0 Å². The van der Waals surface area contributed by atoms with Gasteiger partial charge in [0.25, 0.3) is 0 Å². The Morgan fingerprint density at radius 1 is 1.50 bits per heavy atom. The van der Waals surface area contributed by atoms with Crippen LogP contribution in [0.25, 0.3) is 0 Å². The van der Waals surface area contributed by atoms with E-state index in [-0.39, 0.29) is 23.4 Å². The average molecular weight is 271 g/mol. The summed E-state index contributed by atoms with van der Waals surface area (Å²) >= 11 is 0. The second-order valence-electron chi connectivity index (χ2n) is 4.36. The van der Waals surface area contributed by atoms with Crippen LogP contribution in [0.5, 0.6) is 0 Å². The van der Waals surface area contributed by atoms with E-state index in [0.717, 1.165) is 12.8 Å². The van der Waals surface area contributed by atoms with Gasteiger partial charge in [0.15, 0.2) is 0 Å². The number of pyridine rings is 1. The maximum absolute atomic E-state index is 12.4. The molecule has 0 aliphatic carbocycles. The molecular formula is C11H17N3O3S. The zero-order chi connectivity index (χ0) is 13.2. The van der Waals surface area contributed by atoms with Gasteiger partial charge in [-0.3, -0.25) is 0 Å². The number of aliphatic hydroxyl groups is 1. The molecule has 0 aromatic carbocycles. The number of piperidine rings is 1. The minimum absolute atomic E-state index is 0.135. The van der Waals surface area contributed by atoms with Crippen LogP contribution in [-0.2, 0) is 10.0 Å². The van der Waals surface area contributed by atoms with Gasteiger partial charge in [0, 0.05) is 24.8 Å². The lowest BCUT2D eigenvalue weighted by atomic mass is 10.1. The number of nitrogens with two attached hydrogens (primary N) is 1. The van der Waals surface area contributed by atoms with Crippen LogP contribution in [0.3, 0.4) is 0 Å². The van der Waals surface area contributed by atoms with Gasteiger partial charge in [-0.15, -0.1) is 0 Å². The number of aliphatic hydroxyl groups excluding tert-OH is 1. The number of anilines is 1. The van der Waals surface area contributed by atoms with Crippen LogP contribution in [0, 0.1) is 0 Å². The molecule has 1 aromatic rings. The smallest absolute Gasteiger partial charge is 0.243 e. The largest absolute Gasteiger partial charge is 0.395 e. The Balaban J connectivity index is 2.35. The van der Waals surface area contributed by atoms with Crippen molar-refractivity contribution in [1.29, 1.82) is 0 Å². The van der Waals surface area contributed by atoms with E-state index in [0.29, 0.717) is 13.0 Å². The Morgan fingerprint density at radius 2 is 2.28 bits per heavy atom. The first-order chi connectivity index (χ1) is 8.55. The molecular weight excluding hydrogens is 254 g/mol. The lowest BCUT2D eigenvalue weighted by molar-refractivity contribution is 0.155. The monoisotopic (exact) mass is 271 g/mol. The first-order valence-electron chi connectivity index (χ1n) is 5.90. The highest BCUT2D eigenvalue weighted by Crippen LogP contribution is 2.25. The molecule has 1 fully saturated rings. The van der Waals surface area contributed by atoms with E-state index in [9.17, 15) is 13.5 Å². The SMILES string of the molecule is Nc1cc(S(=O)(=O)N2CCCCC2CO)ccn1. The number of nitrogens with zero attached hydrogens (tertiary/aromatic N) is 2. The van der Waals surface area contributed by atoms with E-state index in [4.69, 9.17) is 5.73 Å². The molecule has 0 saturated carbocycles. The van der Waals surface area contributed by atoms with Crippen molar-refractivity contribution >= 4 is 15.8 Å². The summed E-state index contributed by atoms with van der Waals surface area (Å²) in [5.41, 5.74) is 5.51. The van der Waals surface area contributed by atoms with Crippen molar-refractivity contribution in [2.75, 3.05) is 18.9 Å². The van der Waals surface area contributed by atoms with Gasteiger partial charge in [-0.25, -0.2) is 13.4 Å². The molecule has 6 nitrogen and oxygen atoms in total. The summed E-state index contributed by atoms with van der Waals surface area (Å²) in [6.07, 6.45) is 3.82. The van der Waals surface area contributed by atoms with Crippen LogP contribution in [0.4, 0.5) is 5.82 Å². The standard InChI is InChI=1S/C11H17N3O3S/c12-11-7-10(4-5-13-11)18(16,17)14-6-2-1-3-9(14)8-15/h4-5,7,9,15H,1-3,6,8H2,(H2,12,13). The lowest BCUT2D eigenvalue weighted by Crippen LogP contribution is -2.45. The minimum atomic E-state index is -3.59. The van der Waals surface area contributed by atoms with Gasteiger partial charge in [0.05, 0.1) is 11.5 Å². The van der Waals surface area contributed by atoms with Gasteiger partial charge in [0.1, 0.15) is 5.82 Å². The third-order valence-electron chi connectivity index (χ3n) is 3.14. The molecule has 0 amide bonds. The number of nitrogen functional groups attached to an aromatic ring is 1. The van der Waals surface area contributed by atoms with Gasteiger partial charge in [-0.1, -0.05) is 6.42 Å². The number of sulfonamides is 1. The second-order valence-corrected chi connectivity index (χ2v) is 6.25. The summed E-state index contributed by atoms with van der Waals surface area (Å²) in [5.74, 6) is 0.175. The molecule has 1 aliphatic heterocycles. The summed E-state index contributed by atoms with van der Waals surface area (Å²) in [5, 5.41) is 9.28. The highest BCUT2D eigenvalue weighted by Gasteiger charge is 2.33. The molecule has 1 saturated heterocycles. The molecule has 0 bridgehead atoms. The highest BCUT2D eigenvalue weighted by atomic mass is 32.2. The molecule has 1 aromatic heterocycles. The van der Waals surface area contributed by atoms with Crippen molar-refractivity contribution < 1.29 is 13.5 Å². The van der Waals surface area contributed by atoms with Crippen molar-refractivity contribution in [3.8, 4) is 0 Å². The fourth-order valence-corrected chi connectivity index (χ4v) is 3.90. The summed E-state index contributed by atoms with van der Waals surface area (Å²) < 4.78 is 26.2. The van der Waals surface area contributed by atoms with E-state index < -0.39 is 10.0 Å². The second kappa shape index (κ2) is 5.21. The molecule has 1 atom stereocenters. The van der Waals surface area contributed by atoms with E-state index in [1.165, 1.54) is 22.6 Å². The molecule has 0 radical (unpaired) electrons. The third kappa shape index (κ3) is 2.47. The Bertz CT molecular complexity index is 518. The van der Waals surface area contributed by atoms with E-state index in [1.54, 1.807) is 0 Å². The quantitative estimate of drug-likeness (QED) is 0.818. The molecule has 100 valence electrons. The number of aromatic nitrogens is 1. The number of hydrogen-bond acceptors (Lipinski definition) is 5. The van der Waals surface area contributed by atoms with Gasteiger partial charge in [-0.05, 0) is 18.9 Å². The maximum atomic E-state index is 12.4. The Kier molecular flexibility index (Phi) is 3.84. The van der Waals surface area contributed by atoms with Crippen LogP contribution < -0.4 is 5.73 Å². The highest BCUT2D eigenvalue weighted by molar-refractivity contribution is 7.89. The van der Waals surface area contributed by atoms with Crippen molar-refractivity contribution in [1.82, 2.24) is 9.29 Å². The van der Waals surface area contributed by atoms with Crippen LogP contribution in [0.1, 0.15) is 19.3 Å². The Hall–Kier alpha value is -1.18. The van der Waals surface area contributed by atoms with E-state index in [2.05, 4.69) is 4.98 Å². The van der Waals surface area contributed by atoms with Crippen molar-refractivity contribution in [3.05, 3.63) is 18.3 Å². The maximum Gasteiger partial charge on any atom is 0.243 e. The summed E-state index contributed by atoms with van der Waals surface area (Å²) in [4.78, 5) is 3.92. The normalized spacial score (nSPS) is 21.9. The molecule has 7 heteroatoms. The van der Waals surface area contributed by atoms with Gasteiger partial charge >= 0.3 is 0 Å². The zero-order valence-electron chi connectivity index (χ0n) is 9.99. The molecule has 1 aliphatic rings. The molecule has 1 unspecified atom stereocenters. The minimum Gasteiger partial charge on any atom is -0.395 e. The van der Waals surface area contributed by atoms with Gasteiger partial charge < -0.3 is 10.8 Å². The zero-order valence-corrected chi connectivity index (χ0v) is 10.8. The molecule has 3 N–H and O–H groups in total. The number of hydrogen-bond donors (Lipinski definition) is 2. The lowest BCUT2D eigenvalue weighted by Gasteiger charge is -2.33. The average Bonchev–Trinajstić information content (AvgIpc) is 2.38. The molecule has 18 heavy (non-hydrogen) atoms. The molecule has 2 rings (SSSR count). The van der Waals surface area contributed by atoms with Gasteiger partial charge in [0.2, 0.25) is 10.0 Å². The topological polar surface area (TPSA) is 96.5 Å². The molecule has 2 heterocycles. The van der Waals surface area contributed by atoms with Crippen LogP contribution >= 0.6 is 0 Å².